The molecule has 0 radical (unpaired) electrons. The highest BCUT2D eigenvalue weighted by Gasteiger charge is 2.39. The topological polar surface area (TPSA) is 97.1 Å². The predicted molar refractivity (Wildman–Crippen MR) is 631 cm³/mol. The Hall–Kier alpha value is -18.3. The highest BCUT2D eigenvalue weighted by Crippen LogP contribution is 2.55. The molecule has 11 aromatic heterocycles. The summed E-state index contributed by atoms with van der Waals surface area (Å²) in [6, 6.07) is 169. The minimum Gasteiger partial charge on any atom is -0.309 e. The normalized spacial score (nSPS) is 12.4. The minimum absolute atomic E-state index is 0.154. The second-order valence-electron chi connectivity index (χ2n) is 39.0. The molecule has 0 spiro atoms. The predicted octanol–water partition coefficient (Wildman–Crippen LogP) is 37.3. The Bertz CT molecular complexity index is 10900. The van der Waals surface area contributed by atoms with E-state index in [0.717, 1.165) is 118 Å². The van der Waals surface area contributed by atoms with Crippen LogP contribution >= 0.6 is 45.3 Å². The highest BCUT2D eigenvalue weighted by molar-refractivity contribution is 7.27. The van der Waals surface area contributed by atoms with Gasteiger partial charge < -0.3 is 4.57 Å². The van der Waals surface area contributed by atoms with E-state index >= 15 is 0 Å². The molecule has 0 aliphatic heterocycles. The fourth-order valence-corrected chi connectivity index (χ4v) is 28.2. The van der Waals surface area contributed by atoms with Gasteiger partial charge in [-0.05, 0) is 130 Å². The van der Waals surface area contributed by atoms with Gasteiger partial charge in [-0.1, -0.05) is 372 Å². The van der Waals surface area contributed by atoms with E-state index in [4.69, 9.17) is 29.9 Å². The first-order valence-corrected chi connectivity index (χ1v) is 53.6. The molecule has 0 fully saturated rings. The summed E-state index contributed by atoms with van der Waals surface area (Å²) in [5.74, 6) is 4.70. The first kappa shape index (κ1) is 86.2. The minimum atomic E-state index is -0.154. The Morgan fingerprint density at radius 2 is 0.550 bits per heavy atom. The van der Waals surface area contributed by atoms with Gasteiger partial charge in [-0.3, -0.25) is 13.7 Å². The lowest BCUT2D eigenvalue weighted by molar-refractivity contribution is 0.666. The lowest BCUT2D eigenvalue weighted by Crippen LogP contribution is -2.15. The Labute approximate surface area is 871 Å². The van der Waals surface area contributed by atoms with Crippen molar-refractivity contribution < 1.29 is 0 Å². The standard InChI is InChI=1S/C49H33N3S.C46H28N4S.C40H23N3S2/c1-49(2)38-19-9-6-15-33(38)34-27-28-41-46(47(34)49)35-16-7-10-20-40(35)52(41)44-29-39(32-25-23-31(24-26-32)30-13-4-3-5-14-30)50-48(51-44)37-18-12-22-43-45(37)36-17-8-11-21-42(36)53-43;1-3-13-29(14-4-1)37-28-43(48-46(47-37)30-23-24-34-33-18-9-12-22-41(33)51-42(34)27-30)50-39-21-11-8-19-36(39)44-40(50)26-25-35-32-17-7-10-20-38(32)49(45(35)44)31-15-5-2-6-16-31;1-2-10-24(11-3-1)31-23-37(42-40(41-31)25-18-19-28-26-12-5-8-16-34(26)44-36(28)22-25)43-32-15-7-4-14-30(32)38-33(43)21-20-29-27-13-6-9-17-35(27)45-39(29)38/h3-29H,1-2H3;1-28H;1-23H. The van der Waals surface area contributed by atoms with Gasteiger partial charge in [0.05, 0.1) is 61.2 Å². The SMILES string of the molecule is CC1(C)c2ccccc2-c2ccc3c(c21)c1ccccc1n3-c1cc(-c2ccc(-c3ccccc3)cc2)nc(-c2cccc3sc4ccccc4c23)n1.c1ccc(-c2cc(-n3c4ccccc4c4c3ccc3c5ccccc5n(-c5ccccc5)c34)nc(-c3ccc4c(c3)sc3ccccc34)n2)cc1.c1ccc(-c2cc(-n3c4ccccc4c4c5sc6ccccc6c5ccc43)nc(-c3ccc4c(c3)sc3ccccc34)n2)cc1. The summed E-state index contributed by atoms with van der Waals surface area (Å²) in [7, 11) is 0. The van der Waals surface area contributed by atoms with E-state index in [9.17, 15) is 0 Å². The quantitative estimate of drug-likeness (QED) is 0.128. The molecule has 31 aromatic rings. The van der Waals surface area contributed by atoms with Crippen LogP contribution in [0.5, 0.6) is 0 Å². The van der Waals surface area contributed by atoms with Gasteiger partial charge in [0.2, 0.25) is 0 Å². The number of rotatable bonds is 11. The fourth-order valence-electron chi connectivity index (χ4n) is 23.5. The molecule has 0 bridgehead atoms. The van der Waals surface area contributed by atoms with Crippen molar-refractivity contribution in [3.05, 3.63) is 484 Å². The molecule has 14 heteroatoms. The number of nitrogens with zero attached hydrogens (tertiary/aromatic N) is 10. The third kappa shape index (κ3) is 13.9. The van der Waals surface area contributed by atoms with E-state index in [1.54, 1.807) is 0 Å². The van der Waals surface area contributed by atoms with Crippen LogP contribution in [0.25, 0.3) is 281 Å². The van der Waals surface area contributed by atoms with Crippen LogP contribution in [0.4, 0.5) is 0 Å². The summed E-state index contributed by atoms with van der Waals surface area (Å²) in [6.45, 7) is 4.74. The van der Waals surface area contributed by atoms with Crippen LogP contribution in [-0.4, -0.2) is 48.2 Å². The van der Waals surface area contributed by atoms with Crippen LogP contribution in [-0.2, 0) is 5.41 Å². The number of benzene rings is 20. The second kappa shape index (κ2) is 34.5. The lowest BCUT2D eigenvalue weighted by Gasteiger charge is -2.22. The molecule has 32 rings (SSSR count). The van der Waals surface area contributed by atoms with E-state index < -0.39 is 0 Å². The summed E-state index contributed by atoms with van der Waals surface area (Å²) in [5.41, 5.74) is 26.9. The molecule has 1 aliphatic rings. The zero-order chi connectivity index (χ0) is 98.2. The highest BCUT2D eigenvalue weighted by atomic mass is 32.1. The van der Waals surface area contributed by atoms with Gasteiger partial charge in [-0.25, -0.2) is 29.9 Å². The summed E-state index contributed by atoms with van der Waals surface area (Å²) in [6.07, 6.45) is 0. The molecule has 20 aromatic carbocycles. The van der Waals surface area contributed by atoms with Crippen LogP contribution in [0.1, 0.15) is 25.0 Å². The Kier molecular flexibility index (Phi) is 19.9. The van der Waals surface area contributed by atoms with Crippen molar-refractivity contribution in [2.24, 2.45) is 0 Å². The summed E-state index contributed by atoms with van der Waals surface area (Å²) in [5, 5.41) is 20.1. The van der Waals surface area contributed by atoms with E-state index in [2.05, 4.69) is 493 Å². The average molecular weight is 1970 g/mol. The van der Waals surface area contributed by atoms with Crippen LogP contribution in [0, 0.1) is 0 Å². The number of aromatic nitrogens is 10. The molecule has 0 atom stereocenters. The average Bonchev–Trinajstić information content (AvgIpc) is 1.54. The molecule has 0 N–H and O–H groups in total. The van der Waals surface area contributed by atoms with Crippen molar-refractivity contribution in [1.29, 1.82) is 0 Å². The second-order valence-corrected chi connectivity index (χ2v) is 43.3. The zero-order valence-corrected chi connectivity index (χ0v) is 83.9. The van der Waals surface area contributed by atoms with Gasteiger partial charge in [0.25, 0.3) is 0 Å². The van der Waals surface area contributed by atoms with Crippen LogP contribution < -0.4 is 0 Å². The van der Waals surface area contributed by atoms with Gasteiger partial charge in [0.15, 0.2) is 17.5 Å². The van der Waals surface area contributed by atoms with Crippen molar-refractivity contribution in [3.63, 3.8) is 0 Å². The summed E-state index contributed by atoms with van der Waals surface area (Å²) in [4.78, 5) is 32.0. The molecule has 0 unspecified atom stereocenters. The maximum atomic E-state index is 5.50. The van der Waals surface area contributed by atoms with E-state index in [-0.39, 0.29) is 5.41 Å². The molecule has 1 aliphatic carbocycles. The first-order chi connectivity index (χ1) is 73.6. The number of hydrogen-bond acceptors (Lipinski definition) is 10. The van der Waals surface area contributed by atoms with Crippen molar-refractivity contribution in [2.45, 2.75) is 19.3 Å². The Morgan fingerprint density at radius 1 is 0.195 bits per heavy atom. The third-order valence-electron chi connectivity index (χ3n) is 30.2. The monoisotopic (exact) mass is 1970 g/mol. The van der Waals surface area contributed by atoms with Crippen molar-refractivity contribution >= 4 is 213 Å². The van der Waals surface area contributed by atoms with Crippen molar-refractivity contribution in [1.82, 2.24) is 48.2 Å². The Balaban J connectivity index is 0.000000103. The zero-order valence-electron chi connectivity index (χ0n) is 80.6. The summed E-state index contributed by atoms with van der Waals surface area (Å²) >= 11 is 7.33. The van der Waals surface area contributed by atoms with Crippen LogP contribution in [0.15, 0.2) is 473 Å². The fraction of sp³-hybridized carbons (Fsp3) is 0.0222. The van der Waals surface area contributed by atoms with Crippen molar-refractivity contribution in [2.75, 3.05) is 0 Å². The van der Waals surface area contributed by atoms with Crippen molar-refractivity contribution in [3.8, 4) is 113 Å². The number of fused-ring (bicyclic) bond motifs is 30. The maximum absolute atomic E-state index is 5.50. The van der Waals surface area contributed by atoms with E-state index in [0.29, 0.717) is 5.82 Å². The molecule has 10 nitrogen and oxygen atoms in total. The number of para-hydroxylation sites is 5. The van der Waals surface area contributed by atoms with E-state index in [1.807, 2.05) is 57.5 Å². The molecular formula is C135H84N10S4. The van der Waals surface area contributed by atoms with Gasteiger partial charge in [0.1, 0.15) is 17.5 Å². The molecule has 0 amide bonds. The largest absolute Gasteiger partial charge is 0.309 e. The molecule has 149 heavy (non-hydrogen) atoms. The molecular weight excluding hydrogens is 1890 g/mol. The summed E-state index contributed by atoms with van der Waals surface area (Å²) < 4.78 is 19.6. The number of hydrogen-bond donors (Lipinski definition) is 0. The van der Waals surface area contributed by atoms with Gasteiger partial charge in [-0.2, -0.15) is 0 Å². The smallest absolute Gasteiger partial charge is 0.162 e. The maximum Gasteiger partial charge on any atom is 0.162 e. The van der Waals surface area contributed by atoms with Crippen LogP contribution in [0.2, 0.25) is 0 Å². The number of thiophene rings is 4. The molecule has 11 heterocycles. The lowest BCUT2D eigenvalue weighted by atomic mass is 9.80. The molecule has 0 saturated heterocycles. The van der Waals surface area contributed by atoms with Gasteiger partial charge in [-0.15, -0.1) is 45.3 Å². The van der Waals surface area contributed by atoms with E-state index in [1.165, 1.54) is 168 Å². The molecule has 0 saturated carbocycles. The van der Waals surface area contributed by atoms with Crippen LogP contribution in [0.3, 0.4) is 0 Å². The van der Waals surface area contributed by atoms with Gasteiger partial charge >= 0.3 is 0 Å². The van der Waals surface area contributed by atoms with Gasteiger partial charge in [0, 0.05) is 186 Å². The molecule has 698 valence electrons. The first-order valence-electron chi connectivity index (χ1n) is 50.3. The third-order valence-corrected chi connectivity index (χ3v) is 34.8. The Morgan fingerprint density at radius 3 is 1.11 bits per heavy atom.